The molecular formula is C20H14F3N3O4. The number of pyridine rings is 1. The molecule has 0 bridgehead atoms. The minimum Gasteiger partial charge on any atom is -0.504 e. The lowest BCUT2D eigenvalue weighted by molar-refractivity contribution is -0.143. The molecule has 0 spiro atoms. The Labute approximate surface area is 169 Å². The number of halogens is 3. The Bertz CT molecular complexity index is 1080. The summed E-state index contributed by atoms with van der Waals surface area (Å²) in [6.07, 6.45) is -5.41. The monoisotopic (exact) mass is 417 g/mol. The number of nitrogens with zero attached hydrogens (tertiary/aromatic N) is 3. The second kappa shape index (κ2) is 9.05. The van der Waals surface area contributed by atoms with E-state index in [9.17, 15) is 38.4 Å². The number of rotatable bonds is 6. The molecule has 0 amide bonds. The lowest BCUT2D eigenvalue weighted by Gasteiger charge is -2.12. The molecule has 154 valence electrons. The highest BCUT2D eigenvalue weighted by Crippen LogP contribution is 2.35. The number of alkyl halides is 3. The molecule has 30 heavy (non-hydrogen) atoms. The number of carbonyl (C=O) groups excluding carboxylic acids is 2. The predicted molar refractivity (Wildman–Crippen MR) is 96.0 cm³/mol. The second-order valence-corrected chi connectivity index (χ2v) is 5.96. The van der Waals surface area contributed by atoms with E-state index in [4.69, 9.17) is 4.74 Å². The third kappa shape index (κ3) is 4.92. The van der Waals surface area contributed by atoms with Gasteiger partial charge in [-0.3, -0.25) is 9.59 Å². The summed E-state index contributed by atoms with van der Waals surface area (Å²) in [4.78, 5) is 27.7. The normalized spacial score (nSPS) is 10.7. The van der Waals surface area contributed by atoms with Gasteiger partial charge in [0.2, 0.25) is 0 Å². The minimum atomic E-state index is -4.70. The first-order chi connectivity index (χ1) is 14.1. The Morgan fingerprint density at radius 3 is 2.37 bits per heavy atom. The van der Waals surface area contributed by atoms with E-state index in [-0.39, 0.29) is 29.8 Å². The van der Waals surface area contributed by atoms with Crippen molar-refractivity contribution >= 4 is 11.8 Å². The predicted octanol–water partition coefficient (Wildman–Crippen LogP) is 3.74. The molecule has 0 aliphatic heterocycles. The van der Waals surface area contributed by atoms with E-state index in [0.717, 1.165) is 18.2 Å². The standard InChI is InChI=1S/C20H14F3N3O4/c1-2-30-17(28)6-5-16(27)18-19(29)12(10-25)7-15(26-18)14-8-13(20(21,22)23)4-3-11(14)9-24/h3-4,7-8,29H,2,5-6H2,1H3. The van der Waals surface area contributed by atoms with Gasteiger partial charge in [0.15, 0.2) is 11.5 Å². The summed E-state index contributed by atoms with van der Waals surface area (Å²) >= 11 is 0. The van der Waals surface area contributed by atoms with E-state index in [1.165, 1.54) is 0 Å². The molecule has 0 unspecified atom stereocenters. The fraction of sp³-hybridized carbons (Fsp3) is 0.250. The summed E-state index contributed by atoms with van der Waals surface area (Å²) in [6.45, 7) is 1.69. The van der Waals surface area contributed by atoms with E-state index in [0.29, 0.717) is 6.07 Å². The van der Waals surface area contributed by atoms with Gasteiger partial charge in [-0.1, -0.05) is 0 Å². The fourth-order valence-electron chi connectivity index (χ4n) is 2.55. The van der Waals surface area contributed by atoms with Crippen molar-refractivity contribution in [1.82, 2.24) is 4.98 Å². The number of carbonyl (C=O) groups is 2. The Kier molecular flexibility index (Phi) is 6.75. The minimum absolute atomic E-state index is 0.108. The van der Waals surface area contributed by atoms with Crippen molar-refractivity contribution in [2.24, 2.45) is 0 Å². The molecule has 0 aliphatic rings. The molecule has 2 rings (SSSR count). The Morgan fingerprint density at radius 2 is 1.80 bits per heavy atom. The summed E-state index contributed by atoms with van der Waals surface area (Å²) in [6, 6.07) is 6.68. The molecule has 2 aromatic rings. The van der Waals surface area contributed by atoms with Crippen LogP contribution in [0.25, 0.3) is 11.3 Å². The molecule has 1 aromatic carbocycles. The van der Waals surface area contributed by atoms with Crippen LogP contribution in [0.4, 0.5) is 13.2 Å². The summed E-state index contributed by atoms with van der Waals surface area (Å²) in [7, 11) is 0. The molecule has 1 aromatic heterocycles. The average molecular weight is 417 g/mol. The number of esters is 1. The van der Waals surface area contributed by atoms with E-state index >= 15 is 0 Å². The van der Waals surface area contributed by atoms with Crippen molar-refractivity contribution in [2.45, 2.75) is 25.9 Å². The maximum Gasteiger partial charge on any atom is 0.416 e. The van der Waals surface area contributed by atoms with Gasteiger partial charge in [0.1, 0.15) is 11.8 Å². The Morgan fingerprint density at radius 1 is 1.13 bits per heavy atom. The first kappa shape index (κ1) is 22.4. The van der Waals surface area contributed by atoms with E-state index in [1.807, 2.05) is 0 Å². The Balaban J connectivity index is 2.57. The number of ketones is 1. The zero-order chi connectivity index (χ0) is 22.5. The first-order valence-corrected chi connectivity index (χ1v) is 8.57. The van der Waals surface area contributed by atoms with E-state index in [2.05, 4.69) is 4.98 Å². The van der Waals surface area contributed by atoms with Gasteiger partial charge in [-0.05, 0) is 31.2 Å². The first-order valence-electron chi connectivity index (χ1n) is 8.57. The number of nitriles is 2. The molecule has 0 saturated heterocycles. The van der Waals surface area contributed by atoms with Gasteiger partial charge in [0.25, 0.3) is 0 Å². The molecule has 0 fully saturated rings. The summed E-state index contributed by atoms with van der Waals surface area (Å²) < 4.78 is 43.9. The maximum atomic E-state index is 13.1. The fourth-order valence-corrected chi connectivity index (χ4v) is 2.55. The van der Waals surface area contributed by atoms with Gasteiger partial charge in [-0.2, -0.15) is 23.7 Å². The molecule has 7 nitrogen and oxygen atoms in total. The summed E-state index contributed by atoms with van der Waals surface area (Å²) in [5.41, 5.74) is -2.76. The van der Waals surface area contributed by atoms with Crippen molar-refractivity contribution in [3.63, 3.8) is 0 Å². The zero-order valence-corrected chi connectivity index (χ0v) is 15.6. The SMILES string of the molecule is CCOC(=O)CCC(=O)c1nc(-c2cc(C(F)(F)F)ccc2C#N)cc(C#N)c1O. The molecular weight excluding hydrogens is 403 g/mol. The van der Waals surface area contributed by atoms with Crippen molar-refractivity contribution < 1.29 is 32.6 Å². The van der Waals surface area contributed by atoms with Crippen molar-refractivity contribution in [3.8, 4) is 29.1 Å². The number of hydrogen-bond donors (Lipinski definition) is 1. The topological polar surface area (TPSA) is 124 Å². The van der Waals surface area contributed by atoms with Gasteiger partial charge < -0.3 is 9.84 Å². The smallest absolute Gasteiger partial charge is 0.416 e. The Hall–Kier alpha value is -3.92. The number of aromatic nitrogens is 1. The third-order valence-electron chi connectivity index (χ3n) is 3.98. The maximum absolute atomic E-state index is 13.1. The van der Waals surface area contributed by atoms with Gasteiger partial charge in [-0.15, -0.1) is 0 Å². The van der Waals surface area contributed by atoms with Crippen molar-refractivity contribution in [2.75, 3.05) is 6.61 Å². The van der Waals surface area contributed by atoms with Crippen molar-refractivity contribution in [1.29, 1.82) is 10.5 Å². The lowest BCUT2D eigenvalue weighted by atomic mass is 9.98. The number of hydrogen-bond acceptors (Lipinski definition) is 7. The van der Waals surface area contributed by atoms with Gasteiger partial charge >= 0.3 is 12.1 Å². The number of Topliss-reactive ketones (excluding diaryl/α,β-unsaturated/α-hetero) is 1. The van der Waals surface area contributed by atoms with E-state index in [1.54, 1.807) is 19.1 Å². The second-order valence-electron chi connectivity index (χ2n) is 5.96. The summed E-state index contributed by atoms with van der Waals surface area (Å²) in [5.74, 6) is -2.24. The molecule has 0 atom stereocenters. The van der Waals surface area contributed by atoms with Crippen molar-refractivity contribution in [3.05, 3.63) is 46.6 Å². The van der Waals surface area contributed by atoms with Gasteiger partial charge in [0, 0.05) is 12.0 Å². The highest BCUT2D eigenvalue weighted by molar-refractivity contribution is 5.99. The van der Waals surface area contributed by atoms with Gasteiger partial charge in [-0.25, -0.2) is 4.98 Å². The van der Waals surface area contributed by atoms with Crippen LogP contribution in [0.15, 0.2) is 24.3 Å². The zero-order valence-electron chi connectivity index (χ0n) is 15.6. The molecule has 10 heteroatoms. The van der Waals surface area contributed by atoms with Crippen LogP contribution in [-0.4, -0.2) is 28.4 Å². The number of aromatic hydroxyl groups is 1. The van der Waals surface area contributed by atoms with Crippen LogP contribution in [-0.2, 0) is 15.7 Å². The number of benzene rings is 1. The molecule has 0 aliphatic carbocycles. The third-order valence-corrected chi connectivity index (χ3v) is 3.98. The van der Waals surface area contributed by atoms with Crippen LogP contribution < -0.4 is 0 Å². The average Bonchev–Trinajstić information content (AvgIpc) is 2.71. The van der Waals surface area contributed by atoms with Crippen LogP contribution in [0.3, 0.4) is 0 Å². The van der Waals surface area contributed by atoms with Crippen LogP contribution >= 0.6 is 0 Å². The molecule has 0 saturated carbocycles. The number of ether oxygens (including phenoxy) is 1. The largest absolute Gasteiger partial charge is 0.504 e. The van der Waals surface area contributed by atoms with Crippen LogP contribution in [0, 0.1) is 22.7 Å². The van der Waals surface area contributed by atoms with Crippen LogP contribution in [0.1, 0.15) is 46.9 Å². The van der Waals surface area contributed by atoms with Crippen LogP contribution in [0.5, 0.6) is 5.75 Å². The highest BCUT2D eigenvalue weighted by Gasteiger charge is 2.31. The quantitative estimate of drug-likeness (QED) is 0.561. The van der Waals surface area contributed by atoms with E-state index < -0.39 is 46.9 Å². The molecule has 0 radical (unpaired) electrons. The highest BCUT2D eigenvalue weighted by atomic mass is 19.4. The lowest BCUT2D eigenvalue weighted by Crippen LogP contribution is -2.10. The molecule has 1 heterocycles. The van der Waals surface area contributed by atoms with Gasteiger partial charge in [0.05, 0.1) is 41.5 Å². The summed E-state index contributed by atoms with van der Waals surface area (Å²) in [5, 5.41) is 28.6. The van der Waals surface area contributed by atoms with Crippen LogP contribution in [0.2, 0.25) is 0 Å². The molecule has 1 N–H and O–H groups in total.